The van der Waals surface area contributed by atoms with Gasteiger partial charge in [0.1, 0.15) is 23.1 Å². The zero-order valence-electron chi connectivity index (χ0n) is 14.1. The average molecular weight is 405 g/mol. The summed E-state index contributed by atoms with van der Waals surface area (Å²) in [5.74, 6) is -0.787. The molecule has 0 spiro atoms. The van der Waals surface area contributed by atoms with Crippen molar-refractivity contribution in [1.29, 1.82) is 26.3 Å². The van der Waals surface area contributed by atoms with Crippen molar-refractivity contribution in [3.05, 3.63) is 45.6 Å². The molecule has 0 heterocycles. The fourth-order valence-electron chi connectivity index (χ4n) is 3.35. The molecule has 0 radical (unpaired) electrons. The number of halogens is 1. The molecule has 6 nitrogen and oxygen atoms in total. The van der Waals surface area contributed by atoms with E-state index in [0.717, 1.165) is 4.47 Å². The minimum Gasteiger partial charge on any atom is -0.383 e. The van der Waals surface area contributed by atoms with Gasteiger partial charge in [0, 0.05) is 16.4 Å². The van der Waals surface area contributed by atoms with Crippen LogP contribution in [0.25, 0.3) is 0 Å². The van der Waals surface area contributed by atoms with Crippen molar-refractivity contribution < 1.29 is 0 Å². The highest BCUT2D eigenvalue weighted by atomic mass is 79.9. The Morgan fingerprint density at radius 1 is 1.08 bits per heavy atom. The van der Waals surface area contributed by atoms with Gasteiger partial charge in [-0.1, -0.05) is 28.1 Å². The molecule has 1 saturated carbocycles. The Morgan fingerprint density at radius 3 is 2.12 bits per heavy atom. The van der Waals surface area contributed by atoms with Gasteiger partial charge >= 0.3 is 0 Å². The number of allylic oxidation sites excluding steroid dienone is 2. The second-order valence-corrected chi connectivity index (χ2v) is 7.13. The third-order valence-electron chi connectivity index (χ3n) is 4.42. The van der Waals surface area contributed by atoms with E-state index in [2.05, 4.69) is 27.3 Å². The average Bonchev–Trinajstić information content (AvgIpc) is 3.25. The predicted octanol–water partition coefficient (Wildman–Crippen LogP) is 3.39. The predicted molar refractivity (Wildman–Crippen MR) is 95.1 cm³/mol. The minimum absolute atomic E-state index is 0.0353. The number of hydrogen-bond acceptors (Lipinski definition) is 6. The number of nitriles is 5. The van der Waals surface area contributed by atoms with Crippen molar-refractivity contribution in [3.8, 4) is 30.3 Å². The van der Waals surface area contributed by atoms with Gasteiger partial charge in [-0.3, -0.25) is 0 Å². The standard InChI is InChI=1S/C19H13BrN6/c1-12(2)26-17(14(7-21)8-22)19(11-25)16(18(19,9-23)10-24)13-4-3-5-15(20)6-13/h3-6,12,16,26H,1-2H3/t16-,19-/m0/s1. The van der Waals surface area contributed by atoms with Crippen LogP contribution in [0.3, 0.4) is 0 Å². The molecule has 126 valence electrons. The summed E-state index contributed by atoms with van der Waals surface area (Å²) in [5, 5.41) is 51.3. The molecule has 7 heteroatoms. The second kappa shape index (κ2) is 6.90. The first-order valence-corrected chi connectivity index (χ1v) is 8.48. The van der Waals surface area contributed by atoms with Crippen molar-refractivity contribution in [2.45, 2.75) is 25.8 Å². The van der Waals surface area contributed by atoms with Crippen LogP contribution >= 0.6 is 15.9 Å². The summed E-state index contributed by atoms with van der Waals surface area (Å²) in [5.41, 5.74) is -2.97. The highest BCUT2D eigenvalue weighted by molar-refractivity contribution is 9.10. The van der Waals surface area contributed by atoms with Crippen molar-refractivity contribution >= 4 is 15.9 Å². The Morgan fingerprint density at radius 2 is 1.69 bits per heavy atom. The Labute approximate surface area is 160 Å². The third kappa shape index (κ3) is 2.50. The number of benzene rings is 1. The summed E-state index contributed by atoms with van der Waals surface area (Å²) in [6, 6.07) is 16.4. The van der Waals surface area contributed by atoms with E-state index in [1.807, 2.05) is 12.1 Å². The molecule has 0 aromatic heterocycles. The van der Waals surface area contributed by atoms with Crippen molar-refractivity contribution in [1.82, 2.24) is 5.32 Å². The van der Waals surface area contributed by atoms with Crippen LogP contribution in [0, 0.1) is 67.5 Å². The molecular formula is C19H13BrN6. The summed E-state index contributed by atoms with van der Waals surface area (Å²) < 4.78 is 0.738. The fraction of sp³-hybridized carbons (Fsp3) is 0.316. The molecule has 2 atom stereocenters. The molecule has 1 aromatic carbocycles. The van der Waals surface area contributed by atoms with Gasteiger partial charge in [-0.05, 0) is 31.5 Å². The van der Waals surface area contributed by atoms with E-state index in [1.54, 1.807) is 50.3 Å². The molecule has 1 aliphatic carbocycles. The summed E-state index contributed by atoms with van der Waals surface area (Å²) in [6.07, 6.45) is 0. The lowest BCUT2D eigenvalue weighted by Gasteiger charge is -2.20. The Bertz CT molecular complexity index is 959. The quantitative estimate of drug-likeness (QED) is 0.764. The van der Waals surface area contributed by atoms with Crippen LogP contribution in [0.2, 0.25) is 0 Å². The number of nitrogens with one attached hydrogen (secondary N) is 1. The van der Waals surface area contributed by atoms with Gasteiger partial charge in [-0.25, -0.2) is 0 Å². The maximum Gasteiger partial charge on any atom is 0.177 e. The van der Waals surface area contributed by atoms with Crippen molar-refractivity contribution in [2.24, 2.45) is 10.8 Å². The Kier molecular flexibility index (Phi) is 5.05. The molecule has 2 rings (SSSR count). The molecule has 1 fully saturated rings. The third-order valence-corrected chi connectivity index (χ3v) is 4.91. The topological polar surface area (TPSA) is 131 Å². The maximum atomic E-state index is 10.0. The van der Waals surface area contributed by atoms with Crippen LogP contribution in [0.4, 0.5) is 0 Å². The highest BCUT2D eigenvalue weighted by Crippen LogP contribution is 2.76. The van der Waals surface area contributed by atoms with Crippen LogP contribution < -0.4 is 5.32 Å². The fourth-order valence-corrected chi connectivity index (χ4v) is 3.77. The van der Waals surface area contributed by atoms with E-state index < -0.39 is 16.7 Å². The van der Waals surface area contributed by atoms with Crippen molar-refractivity contribution in [2.75, 3.05) is 0 Å². The van der Waals surface area contributed by atoms with Crippen LogP contribution in [-0.2, 0) is 0 Å². The summed E-state index contributed by atoms with van der Waals surface area (Å²) >= 11 is 3.35. The van der Waals surface area contributed by atoms with Crippen molar-refractivity contribution in [3.63, 3.8) is 0 Å². The van der Waals surface area contributed by atoms with Gasteiger partial charge in [0.2, 0.25) is 0 Å². The number of rotatable bonds is 4. The first-order chi connectivity index (χ1) is 12.4. The molecule has 0 bridgehead atoms. The number of hydrogen-bond donors (Lipinski definition) is 1. The lowest BCUT2D eigenvalue weighted by atomic mass is 9.89. The molecular weight excluding hydrogens is 392 g/mol. The summed E-state index contributed by atoms with van der Waals surface area (Å²) in [7, 11) is 0. The van der Waals surface area contributed by atoms with Gasteiger partial charge < -0.3 is 5.32 Å². The van der Waals surface area contributed by atoms with Crippen LogP contribution in [0.5, 0.6) is 0 Å². The molecule has 1 N–H and O–H groups in total. The van der Waals surface area contributed by atoms with Crippen LogP contribution in [-0.4, -0.2) is 6.04 Å². The Balaban J connectivity index is 2.84. The minimum atomic E-state index is -1.70. The van der Waals surface area contributed by atoms with E-state index >= 15 is 0 Å². The lowest BCUT2D eigenvalue weighted by molar-refractivity contribution is 0.551. The van der Waals surface area contributed by atoms with E-state index in [0.29, 0.717) is 5.56 Å². The molecule has 0 amide bonds. The Hall–Kier alpha value is -3.31. The van der Waals surface area contributed by atoms with Gasteiger partial charge in [0.15, 0.2) is 5.41 Å². The van der Waals surface area contributed by atoms with E-state index in [-0.39, 0.29) is 17.3 Å². The van der Waals surface area contributed by atoms with Gasteiger partial charge in [-0.2, -0.15) is 26.3 Å². The van der Waals surface area contributed by atoms with Gasteiger partial charge in [-0.15, -0.1) is 0 Å². The monoisotopic (exact) mass is 404 g/mol. The zero-order valence-corrected chi connectivity index (χ0v) is 15.7. The summed E-state index contributed by atoms with van der Waals surface area (Å²) in [6.45, 7) is 3.57. The molecule has 1 aromatic rings. The lowest BCUT2D eigenvalue weighted by Crippen LogP contribution is -2.31. The molecule has 1 aliphatic rings. The second-order valence-electron chi connectivity index (χ2n) is 6.21. The van der Waals surface area contributed by atoms with E-state index in [9.17, 15) is 26.3 Å². The van der Waals surface area contributed by atoms with Crippen LogP contribution in [0.1, 0.15) is 25.3 Å². The largest absolute Gasteiger partial charge is 0.383 e. The van der Waals surface area contributed by atoms with Crippen LogP contribution in [0.15, 0.2) is 40.0 Å². The number of nitrogens with zero attached hydrogens (tertiary/aromatic N) is 5. The molecule has 0 aliphatic heterocycles. The van der Waals surface area contributed by atoms with Gasteiger partial charge in [0.25, 0.3) is 0 Å². The van der Waals surface area contributed by atoms with E-state index in [1.165, 1.54) is 0 Å². The summed E-state index contributed by atoms with van der Waals surface area (Å²) in [4.78, 5) is 0. The zero-order chi connectivity index (χ0) is 19.5. The highest BCUT2D eigenvalue weighted by Gasteiger charge is 2.83. The van der Waals surface area contributed by atoms with E-state index in [4.69, 9.17) is 0 Å². The maximum absolute atomic E-state index is 10.0. The van der Waals surface area contributed by atoms with Gasteiger partial charge in [0.05, 0.1) is 23.9 Å². The molecule has 0 unspecified atom stereocenters. The first-order valence-electron chi connectivity index (χ1n) is 7.69. The normalized spacial score (nSPS) is 21.9. The smallest absolute Gasteiger partial charge is 0.177 e. The first kappa shape index (κ1) is 19.0. The molecule has 26 heavy (non-hydrogen) atoms. The molecule has 0 saturated heterocycles. The SMILES string of the molecule is CC(C)NC(=C(C#N)C#N)[C@]1(C#N)[C@@H](c2cccc(Br)c2)C1(C#N)C#N.